The van der Waals surface area contributed by atoms with E-state index >= 15 is 0 Å². The van der Waals surface area contributed by atoms with Gasteiger partial charge >= 0.3 is 0 Å². The van der Waals surface area contributed by atoms with E-state index < -0.39 is 0 Å². The van der Waals surface area contributed by atoms with Gasteiger partial charge in [0.2, 0.25) is 6.79 Å². The average molecular weight is 302 g/mol. The number of hydrogen-bond donors (Lipinski definition) is 0. The van der Waals surface area contributed by atoms with Gasteiger partial charge in [0, 0.05) is 11.6 Å². The molecule has 0 aliphatic heterocycles. The highest BCUT2D eigenvalue weighted by Gasteiger charge is 2.06. The maximum atomic E-state index is 5.67. The van der Waals surface area contributed by atoms with Crippen molar-refractivity contribution in [2.75, 3.05) is 21.0 Å². The Morgan fingerprint density at radius 1 is 0.864 bits per heavy atom. The predicted molar refractivity (Wildman–Crippen MR) is 86.2 cm³/mol. The molecule has 0 aromatic heterocycles. The molecule has 2 aromatic carbocycles. The molecule has 0 aliphatic carbocycles. The van der Waals surface area contributed by atoms with Crippen molar-refractivity contribution in [3.8, 4) is 23.0 Å². The lowest BCUT2D eigenvalue weighted by Gasteiger charge is -2.14. The molecule has 0 N–H and O–H groups in total. The third kappa shape index (κ3) is 3.64. The van der Waals surface area contributed by atoms with E-state index in [2.05, 4.69) is 6.92 Å². The second kappa shape index (κ2) is 7.59. The molecule has 0 spiro atoms. The highest BCUT2D eigenvalue weighted by Crippen LogP contribution is 2.28. The second-order valence-electron chi connectivity index (χ2n) is 4.82. The molecule has 0 radical (unpaired) electrons. The highest BCUT2D eigenvalue weighted by molar-refractivity contribution is 5.43. The van der Waals surface area contributed by atoms with Crippen LogP contribution in [0.1, 0.15) is 18.1 Å². The van der Waals surface area contributed by atoms with Crippen molar-refractivity contribution in [3.63, 3.8) is 0 Å². The minimum atomic E-state index is 0.128. The van der Waals surface area contributed by atoms with Gasteiger partial charge in [0.15, 0.2) is 0 Å². The molecule has 4 heteroatoms. The number of ether oxygens (including phenoxy) is 4. The Kier molecular flexibility index (Phi) is 5.53. The topological polar surface area (TPSA) is 36.9 Å². The summed E-state index contributed by atoms with van der Waals surface area (Å²) in [6, 6.07) is 11.5. The van der Waals surface area contributed by atoms with Gasteiger partial charge in [-0.1, -0.05) is 19.1 Å². The van der Waals surface area contributed by atoms with Gasteiger partial charge < -0.3 is 18.9 Å². The summed E-state index contributed by atoms with van der Waals surface area (Å²) in [7, 11) is 3.30. The Morgan fingerprint density at radius 3 is 2.27 bits per heavy atom. The zero-order chi connectivity index (χ0) is 15.9. The molecule has 2 rings (SSSR count). The summed E-state index contributed by atoms with van der Waals surface area (Å²) in [6.07, 6.45) is 0.920. The van der Waals surface area contributed by atoms with Crippen LogP contribution < -0.4 is 18.9 Å². The predicted octanol–water partition coefficient (Wildman–Crippen LogP) is 3.99. The van der Waals surface area contributed by atoms with Gasteiger partial charge in [-0.25, -0.2) is 0 Å². The average Bonchev–Trinajstić information content (AvgIpc) is 2.56. The highest BCUT2D eigenvalue weighted by atomic mass is 16.7. The molecule has 4 nitrogen and oxygen atoms in total. The van der Waals surface area contributed by atoms with E-state index in [1.165, 1.54) is 0 Å². The molecular weight excluding hydrogens is 280 g/mol. The Morgan fingerprint density at radius 2 is 1.59 bits per heavy atom. The van der Waals surface area contributed by atoms with Gasteiger partial charge in [0.25, 0.3) is 0 Å². The third-order valence-corrected chi connectivity index (χ3v) is 3.53. The van der Waals surface area contributed by atoms with Crippen LogP contribution in [-0.4, -0.2) is 21.0 Å². The number of benzene rings is 2. The Labute approximate surface area is 131 Å². The minimum absolute atomic E-state index is 0.128. The van der Waals surface area contributed by atoms with Crippen LogP contribution in [0.15, 0.2) is 36.4 Å². The molecule has 22 heavy (non-hydrogen) atoms. The lowest BCUT2D eigenvalue weighted by Crippen LogP contribution is -2.07. The SMILES string of the molecule is CCc1ccc(OCOc2cccc(OC)c2C)cc1OC. The number of methoxy groups -OCH3 is 2. The first-order valence-electron chi connectivity index (χ1n) is 7.25. The van der Waals surface area contributed by atoms with Gasteiger partial charge in [0.1, 0.15) is 23.0 Å². The van der Waals surface area contributed by atoms with E-state index in [9.17, 15) is 0 Å². The number of rotatable bonds is 7. The summed E-state index contributed by atoms with van der Waals surface area (Å²) in [5.41, 5.74) is 2.10. The normalized spacial score (nSPS) is 10.2. The van der Waals surface area contributed by atoms with E-state index in [-0.39, 0.29) is 6.79 Å². The van der Waals surface area contributed by atoms with Crippen molar-refractivity contribution >= 4 is 0 Å². The Balaban J connectivity index is 1.99. The maximum absolute atomic E-state index is 5.67. The number of hydrogen-bond acceptors (Lipinski definition) is 4. The van der Waals surface area contributed by atoms with E-state index in [0.717, 1.165) is 40.5 Å². The van der Waals surface area contributed by atoms with Crippen LogP contribution in [0.3, 0.4) is 0 Å². The second-order valence-corrected chi connectivity index (χ2v) is 4.82. The molecule has 0 amide bonds. The molecule has 2 aromatic rings. The van der Waals surface area contributed by atoms with Gasteiger partial charge in [-0.05, 0) is 37.1 Å². The molecule has 0 fully saturated rings. The summed E-state index contributed by atoms with van der Waals surface area (Å²) >= 11 is 0. The van der Waals surface area contributed by atoms with Crippen LogP contribution in [0.25, 0.3) is 0 Å². The van der Waals surface area contributed by atoms with E-state index in [0.29, 0.717) is 0 Å². The monoisotopic (exact) mass is 302 g/mol. The van der Waals surface area contributed by atoms with Gasteiger partial charge in [-0.2, -0.15) is 0 Å². The summed E-state index contributed by atoms with van der Waals surface area (Å²) in [6.45, 7) is 4.17. The van der Waals surface area contributed by atoms with Gasteiger partial charge in [0.05, 0.1) is 14.2 Å². The van der Waals surface area contributed by atoms with Crippen molar-refractivity contribution in [2.24, 2.45) is 0 Å². The summed E-state index contributed by atoms with van der Waals surface area (Å²) in [5.74, 6) is 3.09. The minimum Gasteiger partial charge on any atom is -0.496 e. The molecular formula is C18H22O4. The lowest BCUT2D eigenvalue weighted by atomic mass is 10.1. The first kappa shape index (κ1) is 16.0. The first-order chi connectivity index (χ1) is 10.7. The molecule has 0 heterocycles. The van der Waals surface area contributed by atoms with Gasteiger partial charge in [-0.3, -0.25) is 0 Å². The fourth-order valence-corrected chi connectivity index (χ4v) is 2.24. The lowest BCUT2D eigenvalue weighted by molar-refractivity contribution is 0.118. The van der Waals surface area contributed by atoms with Crippen LogP contribution in [0, 0.1) is 6.92 Å². The summed E-state index contributed by atoms with van der Waals surface area (Å²) < 4.78 is 21.9. The van der Waals surface area contributed by atoms with Crippen molar-refractivity contribution in [3.05, 3.63) is 47.5 Å². The third-order valence-electron chi connectivity index (χ3n) is 3.53. The van der Waals surface area contributed by atoms with E-state index in [1.807, 2.05) is 43.3 Å². The largest absolute Gasteiger partial charge is 0.496 e. The number of aryl methyl sites for hydroxylation is 1. The Hall–Kier alpha value is -2.36. The van der Waals surface area contributed by atoms with Crippen molar-refractivity contribution in [1.29, 1.82) is 0 Å². The zero-order valence-corrected chi connectivity index (χ0v) is 13.5. The van der Waals surface area contributed by atoms with Gasteiger partial charge in [-0.15, -0.1) is 0 Å². The smallest absolute Gasteiger partial charge is 0.230 e. The standard InChI is InChI=1S/C18H22O4/c1-5-14-9-10-15(11-18(14)20-4)21-12-22-17-8-6-7-16(19-3)13(17)2/h6-11H,5,12H2,1-4H3. The Bertz CT molecular complexity index is 622. The fraction of sp³-hybridized carbons (Fsp3) is 0.333. The molecule has 0 atom stereocenters. The van der Waals surface area contributed by atoms with E-state index in [1.54, 1.807) is 14.2 Å². The van der Waals surface area contributed by atoms with Crippen molar-refractivity contribution in [2.45, 2.75) is 20.3 Å². The zero-order valence-electron chi connectivity index (χ0n) is 13.5. The molecule has 0 unspecified atom stereocenters. The molecule has 0 bridgehead atoms. The molecule has 0 aliphatic rings. The maximum Gasteiger partial charge on any atom is 0.230 e. The summed E-state index contributed by atoms with van der Waals surface area (Å²) in [4.78, 5) is 0. The van der Waals surface area contributed by atoms with E-state index in [4.69, 9.17) is 18.9 Å². The quantitative estimate of drug-likeness (QED) is 0.725. The summed E-state index contributed by atoms with van der Waals surface area (Å²) in [5, 5.41) is 0. The van der Waals surface area contributed by atoms with Crippen LogP contribution in [0.5, 0.6) is 23.0 Å². The van der Waals surface area contributed by atoms with Crippen molar-refractivity contribution in [1.82, 2.24) is 0 Å². The molecule has 0 saturated heterocycles. The molecule has 118 valence electrons. The van der Waals surface area contributed by atoms with Crippen LogP contribution >= 0.6 is 0 Å². The molecule has 0 saturated carbocycles. The van der Waals surface area contributed by atoms with Crippen LogP contribution in [-0.2, 0) is 6.42 Å². The van der Waals surface area contributed by atoms with Crippen molar-refractivity contribution < 1.29 is 18.9 Å². The fourth-order valence-electron chi connectivity index (χ4n) is 2.24. The van der Waals surface area contributed by atoms with Crippen LogP contribution in [0.2, 0.25) is 0 Å². The first-order valence-corrected chi connectivity index (χ1v) is 7.25. The van der Waals surface area contributed by atoms with Crippen LogP contribution in [0.4, 0.5) is 0 Å².